The predicted molar refractivity (Wildman–Crippen MR) is 102 cm³/mol. The van der Waals surface area contributed by atoms with E-state index in [4.69, 9.17) is 23.2 Å². The van der Waals surface area contributed by atoms with E-state index in [2.05, 4.69) is 15.6 Å². The molecule has 2 N–H and O–H groups in total. The molecule has 2 aromatic carbocycles. The maximum atomic E-state index is 12.3. The van der Waals surface area contributed by atoms with Gasteiger partial charge in [-0.2, -0.15) is 0 Å². The molecule has 126 valence electrons. The van der Waals surface area contributed by atoms with Crippen molar-refractivity contribution in [1.29, 1.82) is 0 Å². The number of halogens is 2. The summed E-state index contributed by atoms with van der Waals surface area (Å²) in [4.78, 5) is 16.4. The molecule has 0 atom stereocenters. The summed E-state index contributed by atoms with van der Waals surface area (Å²) in [6, 6.07) is 16.6. The van der Waals surface area contributed by atoms with Crippen LogP contribution in [0.15, 0.2) is 67.0 Å². The maximum absolute atomic E-state index is 12.3. The molecule has 0 radical (unpaired) electrons. The van der Waals surface area contributed by atoms with Gasteiger partial charge in [0.15, 0.2) is 0 Å². The lowest BCUT2D eigenvalue weighted by atomic mass is 10.2. The number of nitrogens with one attached hydrogen (secondary N) is 2. The molecular formula is C19H15Cl2N3O. The van der Waals surface area contributed by atoms with Gasteiger partial charge in [0.05, 0.1) is 28.2 Å². The monoisotopic (exact) mass is 371 g/mol. The third-order valence-electron chi connectivity index (χ3n) is 3.50. The summed E-state index contributed by atoms with van der Waals surface area (Å²) in [6.07, 6.45) is 3.14. The van der Waals surface area contributed by atoms with Crippen LogP contribution in [-0.2, 0) is 6.54 Å². The van der Waals surface area contributed by atoms with Crippen molar-refractivity contribution in [2.24, 2.45) is 0 Å². The number of nitrogens with zero attached hydrogens (tertiary/aromatic N) is 1. The molecule has 0 fully saturated rings. The predicted octanol–water partition coefficient (Wildman–Crippen LogP) is 5.06. The highest BCUT2D eigenvalue weighted by atomic mass is 35.5. The smallest absolute Gasteiger partial charge is 0.253 e. The zero-order chi connectivity index (χ0) is 17.6. The maximum Gasteiger partial charge on any atom is 0.253 e. The van der Waals surface area contributed by atoms with Gasteiger partial charge in [0.1, 0.15) is 0 Å². The zero-order valence-corrected chi connectivity index (χ0v) is 14.7. The first-order valence-corrected chi connectivity index (χ1v) is 8.36. The van der Waals surface area contributed by atoms with E-state index in [1.807, 2.05) is 30.3 Å². The number of rotatable bonds is 5. The normalized spacial score (nSPS) is 10.3. The molecule has 0 bridgehead atoms. The highest BCUT2D eigenvalue weighted by molar-refractivity contribution is 6.35. The molecule has 0 unspecified atom stereocenters. The summed E-state index contributed by atoms with van der Waals surface area (Å²) in [5.74, 6) is -0.197. The lowest BCUT2D eigenvalue weighted by Crippen LogP contribution is -2.22. The standard InChI is InChI=1S/C19H15Cl2N3O/c20-15-6-7-17(21)18(9-15)24-16-8-14(11-22-12-16)19(25)23-10-13-4-2-1-3-5-13/h1-9,11-12,24H,10H2,(H,23,25). The van der Waals surface area contributed by atoms with Crippen LogP contribution in [0, 0.1) is 0 Å². The van der Waals surface area contributed by atoms with Crippen LogP contribution in [0.4, 0.5) is 11.4 Å². The van der Waals surface area contributed by atoms with Gasteiger partial charge >= 0.3 is 0 Å². The molecule has 6 heteroatoms. The van der Waals surface area contributed by atoms with Gasteiger partial charge in [-0.05, 0) is 29.8 Å². The Balaban J connectivity index is 1.70. The summed E-state index contributed by atoms with van der Waals surface area (Å²) < 4.78 is 0. The molecule has 3 aromatic rings. The van der Waals surface area contributed by atoms with Crippen LogP contribution in [0.25, 0.3) is 0 Å². The molecule has 3 rings (SSSR count). The van der Waals surface area contributed by atoms with Crippen LogP contribution in [0.5, 0.6) is 0 Å². The van der Waals surface area contributed by atoms with Gasteiger partial charge in [0.2, 0.25) is 0 Å². The molecule has 0 saturated carbocycles. The Hall–Kier alpha value is -2.56. The van der Waals surface area contributed by atoms with Crippen molar-refractivity contribution in [3.63, 3.8) is 0 Å². The SMILES string of the molecule is O=C(NCc1ccccc1)c1cncc(Nc2cc(Cl)ccc2Cl)c1. The van der Waals surface area contributed by atoms with E-state index in [1.165, 1.54) is 6.20 Å². The van der Waals surface area contributed by atoms with Crippen LogP contribution in [0.3, 0.4) is 0 Å². The summed E-state index contributed by atoms with van der Waals surface area (Å²) in [7, 11) is 0. The van der Waals surface area contributed by atoms with Crippen LogP contribution >= 0.6 is 23.2 Å². The van der Waals surface area contributed by atoms with Gasteiger partial charge in [-0.1, -0.05) is 53.5 Å². The lowest BCUT2D eigenvalue weighted by molar-refractivity contribution is 0.0950. The van der Waals surface area contributed by atoms with Crippen molar-refractivity contribution in [1.82, 2.24) is 10.3 Å². The molecule has 1 amide bonds. The Kier molecular flexibility index (Phi) is 5.53. The van der Waals surface area contributed by atoms with Crippen molar-refractivity contribution >= 4 is 40.5 Å². The van der Waals surface area contributed by atoms with Crippen molar-refractivity contribution < 1.29 is 4.79 Å². The summed E-state index contributed by atoms with van der Waals surface area (Å²) in [5.41, 5.74) is 2.79. The molecule has 1 heterocycles. The van der Waals surface area contributed by atoms with E-state index in [9.17, 15) is 4.79 Å². The first-order valence-electron chi connectivity index (χ1n) is 7.61. The Labute approximate surface area is 155 Å². The number of hydrogen-bond acceptors (Lipinski definition) is 3. The number of pyridine rings is 1. The Bertz CT molecular complexity index is 885. The van der Waals surface area contributed by atoms with E-state index in [0.717, 1.165) is 5.56 Å². The largest absolute Gasteiger partial charge is 0.353 e. The quantitative estimate of drug-likeness (QED) is 0.658. The molecule has 0 aliphatic rings. The van der Waals surface area contributed by atoms with E-state index in [1.54, 1.807) is 30.5 Å². The molecule has 0 saturated heterocycles. The van der Waals surface area contributed by atoms with E-state index < -0.39 is 0 Å². The minimum absolute atomic E-state index is 0.197. The first kappa shape index (κ1) is 17.3. The van der Waals surface area contributed by atoms with Crippen LogP contribution in [-0.4, -0.2) is 10.9 Å². The third kappa shape index (κ3) is 4.72. The second-order valence-electron chi connectivity index (χ2n) is 5.38. The van der Waals surface area contributed by atoms with E-state index >= 15 is 0 Å². The summed E-state index contributed by atoms with van der Waals surface area (Å²) in [5, 5.41) is 7.09. The number of carbonyl (C=O) groups is 1. The molecular weight excluding hydrogens is 357 g/mol. The van der Waals surface area contributed by atoms with Crippen molar-refractivity contribution in [3.8, 4) is 0 Å². The van der Waals surface area contributed by atoms with Crippen molar-refractivity contribution in [2.75, 3.05) is 5.32 Å². The number of aromatic nitrogens is 1. The van der Waals surface area contributed by atoms with Crippen LogP contribution in [0.1, 0.15) is 15.9 Å². The second kappa shape index (κ2) is 8.01. The fourth-order valence-corrected chi connectivity index (χ4v) is 2.60. The molecule has 25 heavy (non-hydrogen) atoms. The number of benzene rings is 2. The summed E-state index contributed by atoms with van der Waals surface area (Å²) >= 11 is 12.1. The number of carbonyl (C=O) groups excluding carboxylic acids is 1. The topological polar surface area (TPSA) is 54.0 Å². The highest BCUT2D eigenvalue weighted by Crippen LogP contribution is 2.28. The van der Waals surface area contributed by atoms with Gasteiger partial charge in [-0.25, -0.2) is 0 Å². The molecule has 0 spiro atoms. The second-order valence-corrected chi connectivity index (χ2v) is 6.22. The molecule has 4 nitrogen and oxygen atoms in total. The van der Waals surface area contributed by atoms with Gasteiger partial charge in [-0.15, -0.1) is 0 Å². The van der Waals surface area contributed by atoms with E-state index in [-0.39, 0.29) is 5.91 Å². The van der Waals surface area contributed by atoms with Crippen LogP contribution < -0.4 is 10.6 Å². The fourth-order valence-electron chi connectivity index (χ4n) is 2.26. The Morgan fingerprint density at radius 3 is 2.60 bits per heavy atom. The first-order chi connectivity index (χ1) is 12.1. The van der Waals surface area contributed by atoms with Crippen molar-refractivity contribution in [3.05, 3.63) is 88.2 Å². The minimum atomic E-state index is -0.197. The van der Waals surface area contributed by atoms with Crippen molar-refractivity contribution in [2.45, 2.75) is 6.54 Å². The van der Waals surface area contributed by atoms with Gasteiger partial charge in [0, 0.05) is 17.8 Å². The van der Waals surface area contributed by atoms with Gasteiger partial charge in [-0.3, -0.25) is 9.78 Å². The number of amides is 1. The average Bonchev–Trinajstić information content (AvgIpc) is 2.64. The lowest BCUT2D eigenvalue weighted by Gasteiger charge is -2.10. The van der Waals surface area contributed by atoms with Gasteiger partial charge < -0.3 is 10.6 Å². The molecule has 0 aliphatic carbocycles. The third-order valence-corrected chi connectivity index (χ3v) is 4.07. The number of anilines is 2. The zero-order valence-electron chi connectivity index (χ0n) is 13.2. The molecule has 1 aromatic heterocycles. The summed E-state index contributed by atoms with van der Waals surface area (Å²) in [6.45, 7) is 0.456. The number of hydrogen-bond donors (Lipinski definition) is 2. The molecule has 0 aliphatic heterocycles. The van der Waals surface area contributed by atoms with Crippen LogP contribution in [0.2, 0.25) is 10.0 Å². The Morgan fingerprint density at radius 1 is 1.00 bits per heavy atom. The van der Waals surface area contributed by atoms with Gasteiger partial charge in [0.25, 0.3) is 5.91 Å². The van der Waals surface area contributed by atoms with E-state index in [0.29, 0.717) is 33.5 Å². The Morgan fingerprint density at radius 2 is 1.80 bits per heavy atom. The average molecular weight is 372 g/mol. The minimum Gasteiger partial charge on any atom is -0.353 e. The fraction of sp³-hybridized carbons (Fsp3) is 0.0526. The highest BCUT2D eigenvalue weighted by Gasteiger charge is 2.08.